The van der Waals surface area contributed by atoms with Gasteiger partial charge in [0.05, 0.1) is 25.3 Å². The van der Waals surface area contributed by atoms with E-state index in [1.807, 2.05) is 36.4 Å². The highest BCUT2D eigenvalue weighted by Gasteiger charge is 2.27. The summed E-state index contributed by atoms with van der Waals surface area (Å²) in [5.74, 6) is 0.834. The highest BCUT2D eigenvalue weighted by molar-refractivity contribution is 5.68. The summed E-state index contributed by atoms with van der Waals surface area (Å²) < 4.78 is 10.7. The Morgan fingerprint density at radius 3 is 2.46 bits per heavy atom. The van der Waals surface area contributed by atoms with Crippen molar-refractivity contribution in [1.29, 1.82) is 5.26 Å². The molecule has 0 radical (unpaired) electrons. The molecule has 0 aliphatic carbocycles. The van der Waals surface area contributed by atoms with Gasteiger partial charge < -0.3 is 19.3 Å². The largest absolute Gasteiger partial charge is 0.497 e. The Balaban J connectivity index is 1.47. The summed E-state index contributed by atoms with van der Waals surface area (Å²) in [5.41, 5.74) is 2.80. The molecule has 6 nitrogen and oxygen atoms in total. The average Bonchev–Trinajstić information content (AvgIpc) is 2.74. The molecule has 0 spiro atoms. The van der Waals surface area contributed by atoms with Gasteiger partial charge in [0.15, 0.2) is 0 Å². The number of benzene rings is 2. The molecule has 6 heteroatoms. The monoisotopic (exact) mass is 379 g/mol. The van der Waals surface area contributed by atoms with Crippen LogP contribution in [0.3, 0.4) is 0 Å². The number of anilines is 1. The van der Waals surface area contributed by atoms with Crippen molar-refractivity contribution in [2.75, 3.05) is 38.3 Å². The molecular weight excluding hydrogens is 354 g/mol. The van der Waals surface area contributed by atoms with Gasteiger partial charge in [-0.15, -0.1) is 0 Å². The van der Waals surface area contributed by atoms with Gasteiger partial charge in [0.25, 0.3) is 0 Å². The lowest BCUT2D eigenvalue weighted by Crippen LogP contribution is -2.54. The highest BCUT2D eigenvalue weighted by atomic mass is 16.6. The number of carbonyl (C=O) groups is 1. The summed E-state index contributed by atoms with van der Waals surface area (Å²) in [7, 11) is 1.66. The Hall–Kier alpha value is -3.20. The fourth-order valence-corrected chi connectivity index (χ4v) is 3.37. The van der Waals surface area contributed by atoms with Gasteiger partial charge in [-0.3, -0.25) is 0 Å². The van der Waals surface area contributed by atoms with Crippen LogP contribution in [-0.2, 0) is 11.2 Å². The maximum Gasteiger partial charge on any atom is 0.409 e. The average molecular weight is 379 g/mol. The van der Waals surface area contributed by atoms with Gasteiger partial charge in [-0.1, -0.05) is 12.1 Å². The van der Waals surface area contributed by atoms with Crippen LogP contribution in [0.2, 0.25) is 0 Å². The van der Waals surface area contributed by atoms with Crippen LogP contribution in [0.15, 0.2) is 48.5 Å². The van der Waals surface area contributed by atoms with Crippen LogP contribution in [0.4, 0.5) is 10.5 Å². The van der Waals surface area contributed by atoms with Crippen LogP contribution in [-0.4, -0.2) is 50.4 Å². The normalized spacial score (nSPS) is 16.4. The Morgan fingerprint density at radius 2 is 1.86 bits per heavy atom. The minimum absolute atomic E-state index is 0.202. The minimum Gasteiger partial charge on any atom is -0.497 e. The molecule has 0 aromatic heterocycles. The molecule has 1 unspecified atom stereocenters. The summed E-state index contributed by atoms with van der Waals surface area (Å²) in [6, 6.07) is 17.6. The first-order chi connectivity index (χ1) is 13.6. The predicted octanol–water partition coefficient (Wildman–Crippen LogP) is 3.46. The van der Waals surface area contributed by atoms with E-state index in [0.717, 1.165) is 23.5 Å². The first-order valence-corrected chi connectivity index (χ1v) is 9.42. The minimum atomic E-state index is -0.269. The van der Waals surface area contributed by atoms with Gasteiger partial charge in [0.2, 0.25) is 0 Å². The Morgan fingerprint density at radius 1 is 1.14 bits per heavy atom. The second-order valence-corrected chi connectivity index (χ2v) is 6.86. The van der Waals surface area contributed by atoms with Crippen LogP contribution in [0, 0.1) is 11.3 Å². The van der Waals surface area contributed by atoms with Crippen molar-refractivity contribution in [3.63, 3.8) is 0 Å². The topological polar surface area (TPSA) is 65.8 Å². The lowest BCUT2D eigenvalue weighted by molar-refractivity contribution is 0.0966. The molecule has 1 saturated heterocycles. The predicted molar refractivity (Wildman–Crippen MR) is 108 cm³/mol. The van der Waals surface area contributed by atoms with Gasteiger partial charge in [-0.05, 0) is 48.9 Å². The number of ether oxygens (including phenoxy) is 2. The molecule has 1 heterocycles. The Labute approximate surface area is 165 Å². The molecule has 146 valence electrons. The van der Waals surface area contributed by atoms with Crippen molar-refractivity contribution in [3.8, 4) is 11.8 Å². The van der Waals surface area contributed by atoms with Gasteiger partial charge in [0, 0.05) is 37.8 Å². The number of rotatable bonds is 5. The summed E-state index contributed by atoms with van der Waals surface area (Å²) in [4.78, 5) is 16.4. The summed E-state index contributed by atoms with van der Waals surface area (Å²) in [6.45, 7) is 4.46. The van der Waals surface area contributed by atoms with E-state index in [4.69, 9.17) is 14.7 Å². The molecule has 0 bridgehead atoms. The molecule has 1 amide bonds. The quantitative estimate of drug-likeness (QED) is 0.796. The molecule has 0 N–H and O–H groups in total. The summed E-state index contributed by atoms with van der Waals surface area (Å²) in [5, 5.41) is 8.82. The summed E-state index contributed by atoms with van der Waals surface area (Å²) >= 11 is 0. The molecule has 2 aromatic carbocycles. The van der Waals surface area contributed by atoms with E-state index in [-0.39, 0.29) is 12.1 Å². The number of amides is 1. The van der Waals surface area contributed by atoms with Crippen LogP contribution < -0.4 is 9.64 Å². The summed E-state index contributed by atoms with van der Waals surface area (Å²) in [6.07, 6.45) is 0.369. The number of hydrogen-bond acceptors (Lipinski definition) is 5. The van der Waals surface area contributed by atoms with Crippen LogP contribution in [0.5, 0.6) is 5.75 Å². The number of hydrogen-bond donors (Lipinski definition) is 0. The van der Waals surface area contributed by atoms with Gasteiger partial charge in [-0.25, -0.2) is 4.79 Å². The molecule has 1 atom stereocenters. The number of nitrogens with zero attached hydrogens (tertiary/aromatic N) is 3. The maximum atomic E-state index is 12.4. The zero-order chi connectivity index (χ0) is 19.9. The molecule has 28 heavy (non-hydrogen) atoms. The van der Waals surface area contributed by atoms with Gasteiger partial charge >= 0.3 is 6.09 Å². The van der Waals surface area contributed by atoms with E-state index in [1.165, 1.54) is 0 Å². The van der Waals surface area contributed by atoms with E-state index in [2.05, 4.69) is 17.9 Å². The van der Waals surface area contributed by atoms with Crippen LogP contribution >= 0.6 is 0 Å². The first-order valence-electron chi connectivity index (χ1n) is 9.42. The van der Waals surface area contributed by atoms with E-state index >= 15 is 0 Å². The van der Waals surface area contributed by atoms with E-state index in [1.54, 1.807) is 24.1 Å². The van der Waals surface area contributed by atoms with E-state index in [9.17, 15) is 4.79 Å². The highest BCUT2D eigenvalue weighted by Crippen LogP contribution is 2.23. The third-order valence-electron chi connectivity index (χ3n) is 4.99. The molecule has 1 fully saturated rings. The van der Waals surface area contributed by atoms with Crippen LogP contribution in [0.25, 0.3) is 0 Å². The molecule has 0 saturated carbocycles. The number of methoxy groups -OCH3 is 1. The van der Waals surface area contributed by atoms with Crippen molar-refractivity contribution in [1.82, 2.24) is 4.90 Å². The van der Waals surface area contributed by atoms with E-state index in [0.29, 0.717) is 31.7 Å². The van der Waals surface area contributed by atoms with Crippen molar-refractivity contribution in [3.05, 3.63) is 59.7 Å². The third kappa shape index (κ3) is 4.74. The van der Waals surface area contributed by atoms with E-state index < -0.39 is 0 Å². The van der Waals surface area contributed by atoms with Crippen molar-refractivity contribution in [2.45, 2.75) is 19.4 Å². The smallest absolute Gasteiger partial charge is 0.409 e. The number of nitriles is 1. The fourth-order valence-electron chi connectivity index (χ4n) is 3.37. The lowest BCUT2D eigenvalue weighted by Gasteiger charge is -2.40. The van der Waals surface area contributed by atoms with Crippen molar-refractivity contribution >= 4 is 11.8 Å². The molecule has 2 aromatic rings. The SMILES string of the molecule is COc1ccc(N2CCN(C(=O)OCCc3ccc(C#N)cc3)CC2C)cc1. The second-order valence-electron chi connectivity index (χ2n) is 6.86. The molecular formula is C22H25N3O3. The standard InChI is InChI=1S/C22H25N3O3/c1-17-16-24(12-13-25(17)20-7-9-21(27-2)10-8-20)22(26)28-14-11-18-3-5-19(15-23)6-4-18/h3-10,17H,11-14,16H2,1-2H3. The zero-order valence-electron chi connectivity index (χ0n) is 16.3. The Kier molecular flexibility index (Phi) is 6.38. The number of piperazine rings is 1. The third-order valence-corrected chi connectivity index (χ3v) is 4.99. The first kappa shape index (κ1) is 19.6. The zero-order valence-corrected chi connectivity index (χ0v) is 16.3. The van der Waals surface area contributed by atoms with Crippen molar-refractivity contribution < 1.29 is 14.3 Å². The lowest BCUT2D eigenvalue weighted by atomic mass is 10.1. The molecule has 1 aliphatic rings. The van der Waals surface area contributed by atoms with Crippen LogP contribution in [0.1, 0.15) is 18.1 Å². The van der Waals surface area contributed by atoms with Crippen molar-refractivity contribution in [2.24, 2.45) is 0 Å². The van der Waals surface area contributed by atoms with Gasteiger partial charge in [0.1, 0.15) is 5.75 Å². The Bertz CT molecular complexity index is 828. The number of carbonyl (C=O) groups excluding carboxylic acids is 1. The fraction of sp³-hybridized carbons (Fsp3) is 0.364. The molecule has 1 aliphatic heterocycles. The second kappa shape index (κ2) is 9.14. The molecule has 3 rings (SSSR count). The maximum absolute atomic E-state index is 12.4. The van der Waals surface area contributed by atoms with Gasteiger partial charge in [-0.2, -0.15) is 5.26 Å².